The molecule has 2 N–H and O–H groups in total. The molecule has 1 aliphatic rings. The van der Waals surface area contributed by atoms with Gasteiger partial charge in [0.25, 0.3) is 0 Å². The molecule has 5 nitrogen and oxygen atoms in total. The van der Waals surface area contributed by atoms with Gasteiger partial charge in [-0.05, 0) is 26.9 Å². The Morgan fingerprint density at radius 3 is 2.75 bits per heavy atom. The molecule has 0 aromatic rings. The van der Waals surface area contributed by atoms with E-state index in [0.717, 1.165) is 32.5 Å². The molecular formula is C11H23N3O2. The molecule has 16 heavy (non-hydrogen) atoms. The van der Waals surface area contributed by atoms with Gasteiger partial charge >= 0.3 is 0 Å². The Morgan fingerprint density at radius 1 is 1.38 bits per heavy atom. The first-order valence-corrected chi connectivity index (χ1v) is 5.91. The second-order valence-electron chi connectivity index (χ2n) is 4.43. The molecule has 1 amide bonds. The zero-order valence-electron chi connectivity index (χ0n) is 10.3. The summed E-state index contributed by atoms with van der Waals surface area (Å²) in [4.78, 5) is 13.3. The zero-order chi connectivity index (χ0) is 11.8. The molecule has 0 aliphatic heterocycles. The molecule has 0 atom stereocenters. The normalized spacial score (nSPS) is 15.4. The van der Waals surface area contributed by atoms with Gasteiger partial charge in [0.15, 0.2) is 0 Å². The van der Waals surface area contributed by atoms with Crippen LogP contribution in [0.25, 0.3) is 0 Å². The lowest BCUT2D eigenvalue weighted by Crippen LogP contribution is -2.36. The lowest BCUT2D eigenvalue weighted by Gasteiger charge is -2.10. The smallest absolute Gasteiger partial charge is 0.234 e. The van der Waals surface area contributed by atoms with Gasteiger partial charge < -0.3 is 20.3 Å². The quantitative estimate of drug-likeness (QED) is 0.520. The Kier molecular flexibility index (Phi) is 6.37. The molecule has 1 aliphatic carbocycles. The summed E-state index contributed by atoms with van der Waals surface area (Å²) in [5, 5.41) is 5.98. The van der Waals surface area contributed by atoms with Crippen molar-refractivity contribution in [2.24, 2.45) is 0 Å². The molecule has 0 aromatic heterocycles. The minimum Gasteiger partial charge on any atom is -0.379 e. The van der Waals surface area contributed by atoms with Crippen LogP contribution in [-0.2, 0) is 9.53 Å². The first-order valence-electron chi connectivity index (χ1n) is 5.91. The highest BCUT2D eigenvalue weighted by atomic mass is 16.5. The Labute approximate surface area is 97.5 Å². The Morgan fingerprint density at radius 2 is 2.12 bits per heavy atom. The van der Waals surface area contributed by atoms with Crippen LogP contribution in [0.2, 0.25) is 0 Å². The molecule has 0 aromatic carbocycles. The summed E-state index contributed by atoms with van der Waals surface area (Å²) in [6.07, 6.45) is 2.28. The van der Waals surface area contributed by atoms with Gasteiger partial charge in [0.2, 0.25) is 5.91 Å². The van der Waals surface area contributed by atoms with Crippen LogP contribution in [-0.4, -0.2) is 63.8 Å². The van der Waals surface area contributed by atoms with E-state index in [-0.39, 0.29) is 5.91 Å². The van der Waals surface area contributed by atoms with Crippen LogP contribution in [0, 0.1) is 0 Å². The van der Waals surface area contributed by atoms with E-state index in [1.165, 1.54) is 0 Å². The highest BCUT2D eigenvalue weighted by molar-refractivity contribution is 5.78. The second kappa shape index (κ2) is 7.60. The van der Waals surface area contributed by atoms with E-state index < -0.39 is 0 Å². The molecule has 0 heterocycles. The number of hydrogen-bond acceptors (Lipinski definition) is 4. The van der Waals surface area contributed by atoms with Crippen LogP contribution in [0.15, 0.2) is 0 Å². The number of carbonyl (C=O) groups is 1. The number of amides is 1. The Bertz CT molecular complexity index is 205. The molecule has 1 rings (SSSR count). The monoisotopic (exact) mass is 229 g/mol. The second-order valence-corrected chi connectivity index (χ2v) is 4.43. The number of ether oxygens (including phenoxy) is 1. The topological polar surface area (TPSA) is 53.6 Å². The van der Waals surface area contributed by atoms with E-state index in [4.69, 9.17) is 4.74 Å². The van der Waals surface area contributed by atoms with Gasteiger partial charge in [-0.3, -0.25) is 4.79 Å². The number of nitrogens with zero attached hydrogens (tertiary/aromatic N) is 1. The van der Waals surface area contributed by atoms with Gasteiger partial charge in [0, 0.05) is 19.1 Å². The highest BCUT2D eigenvalue weighted by Gasteiger charge is 2.22. The zero-order valence-corrected chi connectivity index (χ0v) is 10.3. The molecule has 0 saturated heterocycles. The minimum absolute atomic E-state index is 0.0933. The van der Waals surface area contributed by atoms with Crippen molar-refractivity contribution in [2.75, 3.05) is 46.9 Å². The molecule has 0 radical (unpaired) electrons. The third kappa shape index (κ3) is 7.62. The van der Waals surface area contributed by atoms with Crippen molar-refractivity contribution in [2.45, 2.75) is 18.9 Å². The maximum atomic E-state index is 11.3. The number of likely N-dealkylation sites (N-methyl/N-ethyl adjacent to an activating group) is 1. The van der Waals surface area contributed by atoms with Crippen LogP contribution in [0.5, 0.6) is 0 Å². The van der Waals surface area contributed by atoms with Gasteiger partial charge in [-0.2, -0.15) is 0 Å². The molecule has 94 valence electrons. The van der Waals surface area contributed by atoms with Crippen LogP contribution >= 0.6 is 0 Å². The summed E-state index contributed by atoms with van der Waals surface area (Å²) < 4.78 is 5.38. The maximum Gasteiger partial charge on any atom is 0.234 e. The lowest BCUT2D eigenvalue weighted by molar-refractivity contribution is -0.120. The highest BCUT2D eigenvalue weighted by Crippen LogP contribution is 2.17. The fraction of sp³-hybridized carbons (Fsp3) is 0.909. The summed E-state index contributed by atoms with van der Waals surface area (Å²) in [7, 11) is 4.04. The van der Waals surface area contributed by atoms with Gasteiger partial charge in [0.05, 0.1) is 19.8 Å². The van der Waals surface area contributed by atoms with Crippen LogP contribution in [0.1, 0.15) is 12.8 Å². The number of rotatable bonds is 9. The summed E-state index contributed by atoms with van der Waals surface area (Å²) in [5.74, 6) is 0.0933. The van der Waals surface area contributed by atoms with E-state index in [9.17, 15) is 4.79 Å². The van der Waals surface area contributed by atoms with E-state index in [2.05, 4.69) is 15.5 Å². The third-order valence-corrected chi connectivity index (χ3v) is 2.33. The third-order valence-electron chi connectivity index (χ3n) is 2.33. The van der Waals surface area contributed by atoms with Crippen molar-refractivity contribution >= 4 is 5.91 Å². The van der Waals surface area contributed by atoms with Gasteiger partial charge in [-0.15, -0.1) is 0 Å². The molecule has 1 fully saturated rings. The molecule has 0 unspecified atom stereocenters. The molecule has 0 spiro atoms. The number of carbonyl (C=O) groups excluding carboxylic acids is 1. The first kappa shape index (κ1) is 13.4. The van der Waals surface area contributed by atoms with Crippen LogP contribution in [0.4, 0.5) is 0 Å². The summed E-state index contributed by atoms with van der Waals surface area (Å²) >= 11 is 0. The Balaban J connectivity index is 1.78. The maximum absolute atomic E-state index is 11.3. The van der Waals surface area contributed by atoms with Crippen molar-refractivity contribution in [1.82, 2.24) is 15.5 Å². The summed E-state index contributed by atoms with van der Waals surface area (Å²) in [6.45, 7) is 3.45. The minimum atomic E-state index is 0.0933. The van der Waals surface area contributed by atoms with Crippen molar-refractivity contribution in [3.63, 3.8) is 0 Å². The predicted molar refractivity (Wildman–Crippen MR) is 63.4 cm³/mol. The molecule has 5 heteroatoms. The summed E-state index contributed by atoms with van der Waals surface area (Å²) in [5.41, 5.74) is 0. The van der Waals surface area contributed by atoms with Crippen molar-refractivity contribution in [3.8, 4) is 0 Å². The first-order chi connectivity index (χ1) is 7.68. The average Bonchev–Trinajstić information content (AvgIpc) is 2.99. The lowest BCUT2D eigenvalue weighted by atomic mass is 10.5. The van der Waals surface area contributed by atoms with Crippen molar-refractivity contribution < 1.29 is 9.53 Å². The largest absolute Gasteiger partial charge is 0.379 e. The SMILES string of the molecule is CN(C)CCOCCNCC(=O)NC1CC1. The van der Waals surface area contributed by atoms with Crippen LogP contribution in [0.3, 0.4) is 0 Å². The fourth-order valence-corrected chi connectivity index (χ4v) is 1.20. The van der Waals surface area contributed by atoms with E-state index >= 15 is 0 Å². The molecule has 1 saturated carbocycles. The predicted octanol–water partition coefficient (Wildman–Crippen LogP) is -0.567. The van der Waals surface area contributed by atoms with Crippen molar-refractivity contribution in [3.05, 3.63) is 0 Å². The van der Waals surface area contributed by atoms with Gasteiger partial charge in [0.1, 0.15) is 0 Å². The van der Waals surface area contributed by atoms with Crippen molar-refractivity contribution in [1.29, 1.82) is 0 Å². The molecular weight excluding hydrogens is 206 g/mol. The standard InChI is InChI=1S/C11H23N3O2/c1-14(2)6-8-16-7-5-12-9-11(15)13-10-3-4-10/h10,12H,3-9H2,1-2H3,(H,13,15). The number of nitrogens with one attached hydrogen (secondary N) is 2. The fourth-order valence-electron chi connectivity index (χ4n) is 1.20. The van der Waals surface area contributed by atoms with E-state index in [0.29, 0.717) is 19.2 Å². The average molecular weight is 229 g/mol. The van der Waals surface area contributed by atoms with Gasteiger partial charge in [-0.25, -0.2) is 0 Å². The molecule has 0 bridgehead atoms. The summed E-state index contributed by atoms with van der Waals surface area (Å²) in [6, 6.07) is 0.450. The van der Waals surface area contributed by atoms with Gasteiger partial charge in [-0.1, -0.05) is 0 Å². The Hall–Kier alpha value is -0.650. The number of hydrogen-bond donors (Lipinski definition) is 2. The van der Waals surface area contributed by atoms with Crippen LogP contribution < -0.4 is 10.6 Å². The van der Waals surface area contributed by atoms with E-state index in [1.807, 2.05) is 14.1 Å². The van der Waals surface area contributed by atoms with E-state index in [1.54, 1.807) is 0 Å².